The summed E-state index contributed by atoms with van der Waals surface area (Å²) in [5.74, 6) is 0.585. The second-order valence-corrected chi connectivity index (χ2v) is 9.32. The number of likely N-dealkylation sites (tertiary alicyclic amines) is 1. The number of benzene rings is 1. The van der Waals surface area contributed by atoms with Crippen molar-refractivity contribution < 1.29 is 23.9 Å². The van der Waals surface area contributed by atoms with E-state index in [2.05, 4.69) is 5.32 Å². The molecular weight excluding hydrogens is 410 g/mol. The molecular formula is C24H35N3O5. The molecule has 1 spiro atoms. The summed E-state index contributed by atoms with van der Waals surface area (Å²) >= 11 is 0. The van der Waals surface area contributed by atoms with Gasteiger partial charge in [-0.2, -0.15) is 0 Å². The molecule has 1 unspecified atom stereocenters. The summed E-state index contributed by atoms with van der Waals surface area (Å²) in [5.41, 5.74) is -0.429. The predicted molar refractivity (Wildman–Crippen MR) is 120 cm³/mol. The molecule has 176 valence electrons. The minimum Gasteiger partial charge on any atom is -0.497 e. The molecule has 2 aliphatic rings. The first-order chi connectivity index (χ1) is 15.2. The van der Waals surface area contributed by atoms with Crippen LogP contribution in [0.5, 0.6) is 5.75 Å². The number of methoxy groups -OCH3 is 1. The zero-order chi connectivity index (χ0) is 23.5. The Morgan fingerprint density at radius 2 is 1.75 bits per heavy atom. The number of carbonyl (C=O) groups excluding carboxylic acids is 3. The fraction of sp³-hybridized carbons (Fsp3) is 0.625. The van der Waals surface area contributed by atoms with E-state index in [9.17, 15) is 14.4 Å². The quantitative estimate of drug-likeness (QED) is 0.727. The van der Waals surface area contributed by atoms with E-state index in [4.69, 9.17) is 9.47 Å². The molecule has 1 aromatic carbocycles. The minimum absolute atomic E-state index is 0.0486. The Labute approximate surface area is 190 Å². The van der Waals surface area contributed by atoms with Gasteiger partial charge in [-0.25, -0.2) is 0 Å². The summed E-state index contributed by atoms with van der Waals surface area (Å²) in [6.45, 7) is 8.95. The summed E-state index contributed by atoms with van der Waals surface area (Å²) in [7, 11) is 1.57. The number of ether oxygens (including phenoxy) is 2. The lowest BCUT2D eigenvalue weighted by atomic mass is 9.96. The number of nitrogens with one attached hydrogen (secondary N) is 1. The second-order valence-electron chi connectivity index (χ2n) is 9.32. The van der Waals surface area contributed by atoms with E-state index in [0.29, 0.717) is 49.6 Å². The average molecular weight is 446 g/mol. The first-order valence-electron chi connectivity index (χ1n) is 11.4. The van der Waals surface area contributed by atoms with Crippen molar-refractivity contribution in [3.8, 4) is 5.75 Å². The van der Waals surface area contributed by atoms with Gasteiger partial charge >= 0.3 is 0 Å². The molecule has 2 aliphatic heterocycles. The van der Waals surface area contributed by atoms with E-state index in [1.165, 1.54) is 0 Å². The SMILES string of the molecule is COc1ccc(C(=O)N2C(C(=O)NC(C)C)COC23CCN(C(=O)CC(C)C)CC3)cc1. The third-order valence-corrected chi connectivity index (χ3v) is 6.03. The van der Waals surface area contributed by atoms with E-state index >= 15 is 0 Å². The smallest absolute Gasteiger partial charge is 0.256 e. The molecule has 3 rings (SSSR count). The van der Waals surface area contributed by atoms with Crippen LogP contribution in [0, 0.1) is 5.92 Å². The van der Waals surface area contributed by atoms with Gasteiger partial charge in [0.15, 0.2) is 0 Å². The van der Waals surface area contributed by atoms with Gasteiger partial charge in [0.1, 0.15) is 17.5 Å². The van der Waals surface area contributed by atoms with E-state index < -0.39 is 11.8 Å². The number of amides is 3. The van der Waals surface area contributed by atoms with E-state index in [0.717, 1.165) is 0 Å². The molecule has 0 aromatic heterocycles. The van der Waals surface area contributed by atoms with Crippen LogP contribution in [-0.2, 0) is 14.3 Å². The molecule has 0 bridgehead atoms. The highest BCUT2D eigenvalue weighted by Gasteiger charge is 2.54. The minimum atomic E-state index is -0.898. The van der Waals surface area contributed by atoms with Gasteiger partial charge in [-0.05, 0) is 44.0 Å². The van der Waals surface area contributed by atoms with Gasteiger partial charge in [0.2, 0.25) is 11.8 Å². The topological polar surface area (TPSA) is 88.2 Å². The van der Waals surface area contributed by atoms with E-state index in [1.54, 1.807) is 36.3 Å². The molecule has 1 N–H and O–H groups in total. The molecule has 1 aromatic rings. The second kappa shape index (κ2) is 9.90. The number of hydrogen-bond donors (Lipinski definition) is 1. The monoisotopic (exact) mass is 445 g/mol. The number of nitrogens with zero attached hydrogens (tertiary/aromatic N) is 2. The molecule has 8 heteroatoms. The molecule has 3 amide bonds. The zero-order valence-electron chi connectivity index (χ0n) is 19.7. The summed E-state index contributed by atoms with van der Waals surface area (Å²) in [5, 5.41) is 2.91. The number of rotatable bonds is 6. The van der Waals surface area contributed by atoms with Crippen LogP contribution >= 0.6 is 0 Å². The molecule has 32 heavy (non-hydrogen) atoms. The first-order valence-corrected chi connectivity index (χ1v) is 11.4. The third kappa shape index (κ3) is 5.06. The van der Waals surface area contributed by atoms with Crippen LogP contribution < -0.4 is 10.1 Å². The molecule has 2 heterocycles. The van der Waals surface area contributed by atoms with E-state index in [1.807, 2.05) is 32.6 Å². The van der Waals surface area contributed by atoms with Gasteiger partial charge < -0.3 is 19.7 Å². The summed E-state index contributed by atoms with van der Waals surface area (Å²) < 4.78 is 11.4. The van der Waals surface area contributed by atoms with Crippen LogP contribution in [0.1, 0.15) is 57.3 Å². The standard InChI is InChI=1S/C24H35N3O5/c1-16(2)14-21(28)26-12-10-24(11-13-26)27(20(15-32-24)22(29)25-17(3)4)23(30)18-6-8-19(31-5)9-7-18/h6-9,16-17,20H,10-15H2,1-5H3,(H,25,29). The van der Waals surface area contributed by atoms with Crippen LogP contribution in [0.25, 0.3) is 0 Å². The Hall–Kier alpha value is -2.61. The van der Waals surface area contributed by atoms with E-state index in [-0.39, 0.29) is 30.4 Å². The zero-order valence-corrected chi connectivity index (χ0v) is 19.7. The summed E-state index contributed by atoms with van der Waals surface area (Å²) in [4.78, 5) is 42.6. The lowest BCUT2D eigenvalue weighted by molar-refractivity contribution is -0.144. The van der Waals surface area contributed by atoms with Crippen LogP contribution in [0.15, 0.2) is 24.3 Å². The Morgan fingerprint density at radius 1 is 1.12 bits per heavy atom. The largest absolute Gasteiger partial charge is 0.497 e. The maximum Gasteiger partial charge on any atom is 0.256 e. The van der Waals surface area contributed by atoms with Gasteiger partial charge in [0.05, 0.1) is 13.7 Å². The molecule has 2 fully saturated rings. The molecule has 0 saturated carbocycles. The van der Waals surface area contributed by atoms with Crippen molar-refractivity contribution >= 4 is 17.7 Å². The molecule has 0 radical (unpaired) electrons. The third-order valence-electron chi connectivity index (χ3n) is 6.03. The van der Waals surface area contributed by atoms with Gasteiger partial charge in [-0.3, -0.25) is 19.3 Å². The Kier molecular flexibility index (Phi) is 7.44. The lowest BCUT2D eigenvalue weighted by Gasteiger charge is -2.44. The van der Waals surface area contributed by atoms with Gasteiger partial charge in [-0.15, -0.1) is 0 Å². The van der Waals surface area contributed by atoms with Gasteiger partial charge in [0.25, 0.3) is 5.91 Å². The Morgan fingerprint density at radius 3 is 2.28 bits per heavy atom. The molecule has 8 nitrogen and oxygen atoms in total. The van der Waals surface area contributed by atoms with Crippen molar-refractivity contribution in [3.05, 3.63) is 29.8 Å². The summed E-state index contributed by atoms with van der Waals surface area (Å²) in [6.07, 6.45) is 1.45. The predicted octanol–water partition coefficient (Wildman–Crippen LogP) is 2.43. The number of carbonyl (C=O) groups is 3. The number of hydrogen-bond acceptors (Lipinski definition) is 5. The summed E-state index contributed by atoms with van der Waals surface area (Å²) in [6, 6.07) is 6.09. The van der Waals surface area contributed by atoms with Crippen molar-refractivity contribution in [1.82, 2.24) is 15.1 Å². The lowest BCUT2D eigenvalue weighted by Crippen LogP contribution is -2.60. The highest BCUT2D eigenvalue weighted by molar-refractivity contribution is 5.98. The van der Waals surface area contributed by atoms with Crippen molar-refractivity contribution in [1.29, 1.82) is 0 Å². The van der Waals surface area contributed by atoms with Crippen molar-refractivity contribution in [2.75, 3.05) is 26.8 Å². The highest BCUT2D eigenvalue weighted by Crippen LogP contribution is 2.39. The van der Waals surface area contributed by atoms with Crippen molar-refractivity contribution in [3.63, 3.8) is 0 Å². The van der Waals surface area contributed by atoms with Gasteiger partial charge in [0, 0.05) is 44.0 Å². The van der Waals surface area contributed by atoms with Crippen LogP contribution in [-0.4, -0.2) is 72.1 Å². The van der Waals surface area contributed by atoms with Crippen LogP contribution in [0.2, 0.25) is 0 Å². The fourth-order valence-corrected chi connectivity index (χ4v) is 4.40. The molecule has 2 saturated heterocycles. The highest BCUT2D eigenvalue weighted by atomic mass is 16.5. The number of piperidine rings is 1. The molecule has 1 atom stereocenters. The van der Waals surface area contributed by atoms with Crippen molar-refractivity contribution in [2.24, 2.45) is 5.92 Å². The van der Waals surface area contributed by atoms with Crippen LogP contribution in [0.4, 0.5) is 0 Å². The van der Waals surface area contributed by atoms with Gasteiger partial charge in [-0.1, -0.05) is 13.8 Å². The average Bonchev–Trinajstić information content (AvgIpc) is 3.11. The maximum atomic E-state index is 13.6. The van der Waals surface area contributed by atoms with Crippen molar-refractivity contribution in [2.45, 2.75) is 64.8 Å². The Balaban J connectivity index is 1.85. The Bertz CT molecular complexity index is 829. The van der Waals surface area contributed by atoms with Crippen LogP contribution in [0.3, 0.4) is 0 Å². The maximum absolute atomic E-state index is 13.6. The fourth-order valence-electron chi connectivity index (χ4n) is 4.40. The first kappa shape index (κ1) is 24.0. The normalized spacial score (nSPS) is 20.2. The molecule has 0 aliphatic carbocycles.